The van der Waals surface area contributed by atoms with Gasteiger partial charge in [-0.15, -0.1) is 11.3 Å². The summed E-state index contributed by atoms with van der Waals surface area (Å²) in [6.07, 6.45) is 5.04. The molecule has 0 bridgehead atoms. The van der Waals surface area contributed by atoms with Gasteiger partial charge >= 0.3 is 0 Å². The Morgan fingerprint density at radius 3 is 3.00 bits per heavy atom. The average molecular weight is 358 g/mol. The zero-order valence-corrected chi connectivity index (χ0v) is 14.1. The molecule has 0 radical (unpaired) electrons. The van der Waals surface area contributed by atoms with E-state index in [9.17, 15) is 4.79 Å². The van der Waals surface area contributed by atoms with Crippen molar-refractivity contribution in [3.63, 3.8) is 0 Å². The number of morpholine rings is 1. The van der Waals surface area contributed by atoms with Crippen LogP contribution >= 0.6 is 27.3 Å². The number of nitrogens with zero attached hydrogens (tertiary/aromatic N) is 1. The van der Waals surface area contributed by atoms with Crippen LogP contribution in [0.5, 0.6) is 0 Å². The number of ether oxygens (including phenoxy) is 1. The molecule has 5 heteroatoms. The molecule has 1 saturated heterocycles. The van der Waals surface area contributed by atoms with Crippen LogP contribution in [0, 0.1) is 0 Å². The van der Waals surface area contributed by atoms with E-state index in [0.29, 0.717) is 13.1 Å². The number of hydrogen-bond acceptors (Lipinski definition) is 3. The standard InChI is InChI=1S/C15H20BrNO2S/c1-10-8-17(9-12(7-16)19-10)15(18)14-6-11-4-2-3-5-13(11)20-14/h6,10,12H,2-5,7-9H2,1H3. The lowest BCUT2D eigenvalue weighted by Crippen LogP contribution is -2.49. The van der Waals surface area contributed by atoms with E-state index in [2.05, 4.69) is 22.0 Å². The van der Waals surface area contributed by atoms with Crippen LogP contribution < -0.4 is 0 Å². The van der Waals surface area contributed by atoms with Crippen molar-refractivity contribution >= 4 is 33.2 Å². The fraction of sp³-hybridized carbons (Fsp3) is 0.667. The van der Waals surface area contributed by atoms with Gasteiger partial charge in [0.25, 0.3) is 5.91 Å². The van der Waals surface area contributed by atoms with Gasteiger partial charge in [-0.2, -0.15) is 0 Å². The van der Waals surface area contributed by atoms with Gasteiger partial charge in [-0.1, -0.05) is 15.9 Å². The largest absolute Gasteiger partial charge is 0.371 e. The molecule has 0 N–H and O–H groups in total. The lowest BCUT2D eigenvalue weighted by molar-refractivity contribution is -0.0558. The summed E-state index contributed by atoms with van der Waals surface area (Å²) in [4.78, 5) is 17.0. The number of alkyl halides is 1. The van der Waals surface area contributed by atoms with Crippen LogP contribution in [0.4, 0.5) is 0 Å². The lowest BCUT2D eigenvalue weighted by Gasteiger charge is -2.35. The van der Waals surface area contributed by atoms with E-state index in [-0.39, 0.29) is 18.1 Å². The number of hydrogen-bond donors (Lipinski definition) is 0. The van der Waals surface area contributed by atoms with Gasteiger partial charge in [0.1, 0.15) is 0 Å². The summed E-state index contributed by atoms with van der Waals surface area (Å²) in [7, 11) is 0. The van der Waals surface area contributed by atoms with Crippen molar-refractivity contribution in [3.05, 3.63) is 21.4 Å². The number of fused-ring (bicyclic) bond motifs is 1. The number of aryl methyl sites for hydroxylation is 2. The van der Waals surface area contributed by atoms with Gasteiger partial charge in [0, 0.05) is 23.3 Å². The second-order valence-electron chi connectivity index (χ2n) is 5.70. The number of carbonyl (C=O) groups is 1. The minimum atomic E-state index is 0.109. The summed E-state index contributed by atoms with van der Waals surface area (Å²) in [5.74, 6) is 0.186. The van der Waals surface area contributed by atoms with Crippen molar-refractivity contribution in [1.82, 2.24) is 4.90 Å². The highest BCUT2D eigenvalue weighted by Gasteiger charge is 2.29. The van der Waals surface area contributed by atoms with E-state index in [1.807, 2.05) is 11.8 Å². The Kier molecular flexibility index (Phi) is 4.48. The molecule has 0 spiro atoms. The summed E-state index contributed by atoms with van der Waals surface area (Å²) in [5.41, 5.74) is 1.41. The highest BCUT2D eigenvalue weighted by Crippen LogP contribution is 2.30. The van der Waals surface area contributed by atoms with E-state index in [1.165, 1.54) is 23.3 Å². The normalized spacial score (nSPS) is 26.4. The minimum absolute atomic E-state index is 0.109. The molecule has 110 valence electrons. The first-order chi connectivity index (χ1) is 9.67. The second kappa shape index (κ2) is 6.16. The first kappa shape index (κ1) is 14.5. The van der Waals surface area contributed by atoms with Crippen LogP contribution in [0.15, 0.2) is 6.07 Å². The van der Waals surface area contributed by atoms with Crippen molar-refractivity contribution in [1.29, 1.82) is 0 Å². The van der Waals surface area contributed by atoms with E-state index in [4.69, 9.17) is 4.74 Å². The van der Waals surface area contributed by atoms with Crippen LogP contribution in [0.3, 0.4) is 0 Å². The van der Waals surface area contributed by atoms with Crippen LogP contribution in [0.25, 0.3) is 0 Å². The number of rotatable bonds is 2. The van der Waals surface area contributed by atoms with Gasteiger partial charge < -0.3 is 9.64 Å². The maximum absolute atomic E-state index is 12.7. The molecule has 3 nitrogen and oxygen atoms in total. The van der Waals surface area contributed by atoms with Gasteiger partial charge in [-0.25, -0.2) is 0 Å². The molecule has 2 heterocycles. The van der Waals surface area contributed by atoms with Crippen LogP contribution in [-0.4, -0.2) is 41.4 Å². The second-order valence-corrected chi connectivity index (χ2v) is 7.48. The number of thiophene rings is 1. The van der Waals surface area contributed by atoms with E-state index < -0.39 is 0 Å². The third-order valence-electron chi connectivity index (χ3n) is 3.99. The smallest absolute Gasteiger partial charge is 0.264 e. The fourth-order valence-corrected chi connectivity index (χ4v) is 4.63. The molecule has 1 aliphatic carbocycles. The molecule has 1 fully saturated rings. The monoisotopic (exact) mass is 357 g/mol. The topological polar surface area (TPSA) is 29.5 Å². The molecule has 1 amide bonds. The molecule has 0 saturated carbocycles. The number of carbonyl (C=O) groups excluding carboxylic acids is 1. The van der Waals surface area contributed by atoms with Crippen LogP contribution in [0.1, 0.15) is 39.9 Å². The van der Waals surface area contributed by atoms with Crippen molar-refractivity contribution < 1.29 is 9.53 Å². The van der Waals surface area contributed by atoms with Gasteiger partial charge in [-0.05, 0) is 44.2 Å². The van der Waals surface area contributed by atoms with Crippen molar-refractivity contribution in [2.45, 2.75) is 44.8 Å². The van der Waals surface area contributed by atoms with Gasteiger partial charge in [0.15, 0.2) is 0 Å². The molecule has 20 heavy (non-hydrogen) atoms. The molecule has 0 aromatic carbocycles. The van der Waals surface area contributed by atoms with Crippen molar-refractivity contribution in [2.75, 3.05) is 18.4 Å². The molecular formula is C15H20BrNO2S. The highest BCUT2D eigenvalue weighted by atomic mass is 79.9. The third-order valence-corrected chi connectivity index (χ3v) is 5.94. The zero-order valence-electron chi connectivity index (χ0n) is 11.7. The summed E-state index contributed by atoms with van der Waals surface area (Å²) in [5, 5.41) is 0.780. The molecule has 1 aliphatic heterocycles. The number of halogens is 1. The molecule has 2 unspecified atom stereocenters. The van der Waals surface area contributed by atoms with E-state index in [0.717, 1.165) is 23.0 Å². The quantitative estimate of drug-likeness (QED) is 0.760. The van der Waals surface area contributed by atoms with Crippen LogP contribution in [-0.2, 0) is 17.6 Å². The minimum Gasteiger partial charge on any atom is -0.371 e. The first-order valence-corrected chi connectivity index (χ1v) is 9.23. The van der Waals surface area contributed by atoms with Gasteiger partial charge in [-0.3, -0.25) is 4.79 Å². The van der Waals surface area contributed by atoms with Gasteiger partial charge in [0.05, 0.1) is 17.1 Å². The predicted molar refractivity (Wildman–Crippen MR) is 85.0 cm³/mol. The fourth-order valence-electron chi connectivity index (χ4n) is 3.05. The molecular weight excluding hydrogens is 338 g/mol. The Hall–Kier alpha value is -0.390. The molecule has 1 aromatic heterocycles. The average Bonchev–Trinajstić information content (AvgIpc) is 2.89. The lowest BCUT2D eigenvalue weighted by atomic mass is 9.99. The first-order valence-electron chi connectivity index (χ1n) is 7.29. The molecule has 1 aromatic rings. The Morgan fingerprint density at radius 2 is 2.25 bits per heavy atom. The van der Waals surface area contributed by atoms with Crippen molar-refractivity contribution in [2.24, 2.45) is 0 Å². The predicted octanol–water partition coefficient (Wildman–Crippen LogP) is 3.25. The van der Waals surface area contributed by atoms with Crippen molar-refractivity contribution in [3.8, 4) is 0 Å². The molecule has 2 aliphatic rings. The summed E-state index contributed by atoms with van der Waals surface area (Å²) in [6.45, 7) is 3.43. The van der Waals surface area contributed by atoms with Gasteiger partial charge in [0.2, 0.25) is 0 Å². The van der Waals surface area contributed by atoms with E-state index >= 15 is 0 Å². The SMILES string of the molecule is CC1CN(C(=O)c2cc3c(s2)CCCC3)CC(CBr)O1. The summed E-state index contributed by atoms with van der Waals surface area (Å²) < 4.78 is 5.80. The molecule has 2 atom stereocenters. The maximum atomic E-state index is 12.7. The Balaban J connectivity index is 1.76. The Labute approximate surface area is 132 Å². The van der Waals surface area contributed by atoms with Crippen LogP contribution in [0.2, 0.25) is 0 Å². The Bertz CT molecular complexity index is 479. The number of amides is 1. The summed E-state index contributed by atoms with van der Waals surface area (Å²) in [6, 6.07) is 2.13. The maximum Gasteiger partial charge on any atom is 0.264 e. The Morgan fingerprint density at radius 1 is 1.45 bits per heavy atom. The molecule has 3 rings (SSSR count). The third kappa shape index (κ3) is 2.95. The highest BCUT2D eigenvalue weighted by molar-refractivity contribution is 9.09. The summed E-state index contributed by atoms with van der Waals surface area (Å²) >= 11 is 5.16. The van der Waals surface area contributed by atoms with E-state index in [1.54, 1.807) is 11.3 Å². The zero-order chi connectivity index (χ0) is 14.1.